The maximum absolute atomic E-state index is 14.4. The highest BCUT2D eigenvalue weighted by atomic mass is 32.2. The molecule has 4 rings (SSSR count). The molecule has 1 aliphatic carbocycles. The van der Waals surface area contributed by atoms with Gasteiger partial charge in [0.2, 0.25) is 10.0 Å². The van der Waals surface area contributed by atoms with E-state index in [4.69, 9.17) is 0 Å². The molecule has 2 aromatic carbocycles. The third-order valence-electron chi connectivity index (χ3n) is 5.87. The minimum Gasteiger partial charge on any atom is -0.322 e. The van der Waals surface area contributed by atoms with Crippen molar-refractivity contribution in [1.29, 1.82) is 0 Å². The molecule has 0 amide bonds. The Hall–Kier alpha value is -2.51. The molecule has 1 N–H and O–H groups in total. The zero-order valence-corrected chi connectivity index (χ0v) is 17.9. The topological polar surface area (TPSA) is 70.2 Å². The highest BCUT2D eigenvalue weighted by Gasteiger charge is 2.35. The second-order valence-corrected chi connectivity index (χ2v) is 9.94. The number of nitrogens with zero attached hydrogens (tertiary/aromatic N) is 1. The van der Waals surface area contributed by atoms with E-state index >= 15 is 0 Å². The zero-order chi connectivity index (χ0) is 21.5. The molecule has 0 unspecified atom stereocenters. The number of hydrogen-bond donors (Lipinski definition) is 1. The number of H-pyrrole nitrogens is 1. The second kappa shape index (κ2) is 7.96. The number of aryl methyl sites for hydroxylation is 2. The van der Waals surface area contributed by atoms with Crippen LogP contribution in [0.2, 0.25) is 0 Å². The van der Waals surface area contributed by atoms with E-state index < -0.39 is 15.8 Å². The molecule has 7 heteroatoms. The number of hydrogen-bond acceptors (Lipinski definition) is 3. The van der Waals surface area contributed by atoms with Gasteiger partial charge in [-0.05, 0) is 62.1 Å². The number of fused-ring (bicyclic) bond motifs is 1. The predicted molar refractivity (Wildman–Crippen MR) is 115 cm³/mol. The molecule has 5 nitrogen and oxygen atoms in total. The van der Waals surface area contributed by atoms with E-state index in [1.807, 2.05) is 26.0 Å². The fourth-order valence-electron chi connectivity index (χ4n) is 4.38. The van der Waals surface area contributed by atoms with Gasteiger partial charge in [-0.25, -0.2) is 12.8 Å². The van der Waals surface area contributed by atoms with E-state index in [0.29, 0.717) is 18.4 Å². The quantitative estimate of drug-likeness (QED) is 0.654. The van der Waals surface area contributed by atoms with Gasteiger partial charge in [0.1, 0.15) is 10.7 Å². The number of aromatic amines is 1. The number of benzene rings is 2. The van der Waals surface area contributed by atoms with Crippen LogP contribution >= 0.6 is 0 Å². The minimum atomic E-state index is -4.09. The molecule has 3 aromatic rings. The predicted octanol–water partition coefficient (Wildman–Crippen LogP) is 4.42. The molecule has 0 atom stereocenters. The van der Waals surface area contributed by atoms with Crippen molar-refractivity contribution >= 4 is 20.9 Å². The number of rotatable bonds is 5. The van der Waals surface area contributed by atoms with Crippen LogP contribution in [0.25, 0.3) is 10.9 Å². The van der Waals surface area contributed by atoms with E-state index in [1.165, 1.54) is 22.5 Å². The highest BCUT2D eigenvalue weighted by Crippen LogP contribution is 2.31. The Kier molecular flexibility index (Phi) is 5.51. The summed E-state index contributed by atoms with van der Waals surface area (Å²) in [5.41, 5.74) is 2.82. The largest absolute Gasteiger partial charge is 0.322 e. The van der Waals surface area contributed by atoms with Gasteiger partial charge in [-0.2, -0.15) is 4.31 Å². The van der Waals surface area contributed by atoms with Crippen molar-refractivity contribution in [2.24, 2.45) is 0 Å². The molecule has 158 valence electrons. The molecule has 1 aliphatic rings. The summed E-state index contributed by atoms with van der Waals surface area (Å²) in [5, 5.41) is 0.880. The number of aromatic nitrogens is 1. The fourth-order valence-corrected chi connectivity index (χ4v) is 6.11. The van der Waals surface area contributed by atoms with Crippen LogP contribution in [-0.4, -0.2) is 23.7 Å². The molecule has 0 radical (unpaired) electrons. The zero-order valence-electron chi connectivity index (χ0n) is 17.1. The van der Waals surface area contributed by atoms with Crippen LogP contribution in [0.1, 0.15) is 42.4 Å². The van der Waals surface area contributed by atoms with Crippen LogP contribution < -0.4 is 5.56 Å². The van der Waals surface area contributed by atoms with Crippen molar-refractivity contribution in [3.8, 4) is 0 Å². The number of nitrogens with one attached hydrogen (secondary N) is 1. The van der Waals surface area contributed by atoms with Gasteiger partial charge in [0.25, 0.3) is 5.56 Å². The third-order valence-corrected chi connectivity index (χ3v) is 7.80. The minimum absolute atomic E-state index is 0.0834. The first-order chi connectivity index (χ1) is 14.3. The lowest BCUT2D eigenvalue weighted by molar-refractivity contribution is 0.314. The average molecular weight is 429 g/mol. The Bertz CT molecular complexity index is 1260. The maximum Gasteiger partial charge on any atom is 0.252 e. The van der Waals surface area contributed by atoms with E-state index in [-0.39, 0.29) is 23.0 Å². The lowest BCUT2D eigenvalue weighted by Crippen LogP contribution is -2.40. The molecule has 0 bridgehead atoms. The van der Waals surface area contributed by atoms with Crippen molar-refractivity contribution in [2.45, 2.75) is 57.0 Å². The Morgan fingerprint density at radius 3 is 2.50 bits per heavy atom. The Morgan fingerprint density at radius 1 is 1.10 bits per heavy atom. The summed E-state index contributed by atoms with van der Waals surface area (Å²) in [7, 11) is -4.09. The number of sulfonamides is 1. The Morgan fingerprint density at radius 2 is 1.80 bits per heavy atom. The highest BCUT2D eigenvalue weighted by molar-refractivity contribution is 7.89. The monoisotopic (exact) mass is 428 g/mol. The second-order valence-electron chi connectivity index (χ2n) is 8.09. The summed E-state index contributed by atoms with van der Waals surface area (Å²) >= 11 is 0. The summed E-state index contributed by atoms with van der Waals surface area (Å²) in [6.07, 6.45) is 3.25. The summed E-state index contributed by atoms with van der Waals surface area (Å²) in [6, 6.07) is 10.8. The molecule has 1 fully saturated rings. The van der Waals surface area contributed by atoms with E-state index in [2.05, 4.69) is 4.98 Å². The van der Waals surface area contributed by atoms with Crippen LogP contribution in [0.4, 0.5) is 4.39 Å². The number of halogens is 1. The van der Waals surface area contributed by atoms with Gasteiger partial charge in [0, 0.05) is 29.1 Å². The first-order valence-electron chi connectivity index (χ1n) is 10.2. The number of pyridine rings is 1. The molecule has 0 saturated heterocycles. The van der Waals surface area contributed by atoms with Crippen molar-refractivity contribution in [3.05, 3.63) is 75.3 Å². The van der Waals surface area contributed by atoms with Gasteiger partial charge in [0.05, 0.1) is 0 Å². The maximum atomic E-state index is 14.4. The summed E-state index contributed by atoms with van der Waals surface area (Å²) in [5.74, 6) is -0.778. The first kappa shape index (κ1) is 20.8. The van der Waals surface area contributed by atoms with Gasteiger partial charge in [-0.15, -0.1) is 0 Å². The van der Waals surface area contributed by atoms with Crippen molar-refractivity contribution in [2.75, 3.05) is 0 Å². The van der Waals surface area contributed by atoms with Crippen LogP contribution in [0, 0.1) is 19.7 Å². The SMILES string of the molecule is Cc1cc(C)c2cc(CN(C3CCCC3)S(=O)(=O)c3ccccc3F)c(=O)[nH]c2c1. The third kappa shape index (κ3) is 3.79. The normalized spacial score (nSPS) is 15.3. The Balaban J connectivity index is 1.81. The van der Waals surface area contributed by atoms with Crippen LogP contribution in [0.15, 0.2) is 52.2 Å². The van der Waals surface area contributed by atoms with Crippen molar-refractivity contribution in [1.82, 2.24) is 9.29 Å². The van der Waals surface area contributed by atoms with Gasteiger partial charge < -0.3 is 4.98 Å². The molecule has 1 saturated carbocycles. The Labute approximate surface area is 175 Å². The molecular formula is C23H25FN2O3S. The molecule has 1 heterocycles. The lowest BCUT2D eigenvalue weighted by atomic mass is 10.0. The van der Waals surface area contributed by atoms with E-state index in [0.717, 1.165) is 40.9 Å². The summed E-state index contributed by atoms with van der Waals surface area (Å²) < 4.78 is 42.5. The van der Waals surface area contributed by atoms with Crippen molar-refractivity contribution in [3.63, 3.8) is 0 Å². The van der Waals surface area contributed by atoms with Gasteiger partial charge in [-0.1, -0.05) is 31.0 Å². The standard InChI is InChI=1S/C23H25FN2O3S/c1-15-11-16(2)19-13-17(23(27)25-21(19)12-15)14-26(18-7-3-4-8-18)30(28,29)22-10-6-5-9-20(22)24/h5-6,9-13,18H,3-4,7-8,14H2,1-2H3,(H,25,27). The summed E-state index contributed by atoms with van der Waals surface area (Å²) in [4.78, 5) is 15.3. The summed E-state index contributed by atoms with van der Waals surface area (Å²) in [6.45, 7) is 3.84. The van der Waals surface area contributed by atoms with E-state index in [1.54, 1.807) is 6.07 Å². The van der Waals surface area contributed by atoms with Crippen LogP contribution in [-0.2, 0) is 16.6 Å². The average Bonchev–Trinajstić information content (AvgIpc) is 3.20. The van der Waals surface area contributed by atoms with Crippen molar-refractivity contribution < 1.29 is 12.8 Å². The van der Waals surface area contributed by atoms with Crippen LogP contribution in [0.3, 0.4) is 0 Å². The molecule has 30 heavy (non-hydrogen) atoms. The molecule has 1 aromatic heterocycles. The molecule has 0 spiro atoms. The fraction of sp³-hybridized carbons (Fsp3) is 0.348. The van der Waals surface area contributed by atoms with Gasteiger partial charge in [-0.3, -0.25) is 4.79 Å². The lowest BCUT2D eigenvalue weighted by Gasteiger charge is -2.28. The smallest absolute Gasteiger partial charge is 0.252 e. The van der Waals surface area contributed by atoms with Crippen LogP contribution in [0.5, 0.6) is 0 Å². The molecule has 0 aliphatic heterocycles. The molecular weight excluding hydrogens is 403 g/mol. The van der Waals surface area contributed by atoms with Gasteiger partial charge >= 0.3 is 0 Å². The first-order valence-corrected chi connectivity index (χ1v) is 11.6. The van der Waals surface area contributed by atoms with E-state index in [9.17, 15) is 17.6 Å². The van der Waals surface area contributed by atoms with Gasteiger partial charge in [0.15, 0.2) is 0 Å².